The van der Waals surface area contributed by atoms with Crippen molar-refractivity contribution in [1.82, 2.24) is 10.3 Å². The van der Waals surface area contributed by atoms with Crippen LogP contribution in [0.25, 0.3) is 0 Å². The summed E-state index contributed by atoms with van der Waals surface area (Å²) in [6.07, 6.45) is 0.322. The van der Waals surface area contributed by atoms with Gasteiger partial charge in [-0.3, -0.25) is 4.79 Å². The van der Waals surface area contributed by atoms with Gasteiger partial charge in [-0.15, -0.1) is 0 Å². The maximum atomic E-state index is 12.5. The fourth-order valence-electron chi connectivity index (χ4n) is 2.82. The highest BCUT2D eigenvalue weighted by molar-refractivity contribution is 5.79. The van der Waals surface area contributed by atoms with E-state index in [1.54, 1.807) is 0 Å². The Labute approximate surface area is 126 Å². The highest BCUT2D eigenvalue weighted by Crippen LogP contribution is 2.30. The number of aromatic nitrogens is 1. The van der Waals surface area contributed by atoms with Gasteiger partial charge in [-0.1, -0.05) is 6.42 Å². The summed E-state index contributed by atoms with van der Waals surface area (Å²) in [6, 6.07) is 2.49. The van der Waals surface area contributed by atoms with E-state index in [1.807, 2.05) is 4.90 Å². The van der Waals surface area contributed by atoms with E-state index in [1.165, 1.54) is 6.07 Å². The predicted molar refractivity (Wildman–Crippen MR) is 75.3 cm³/mol. The van der Waals surface area contributed by atoms with Crippen LogP contribution in [0.2, 0.25) is 0 Å². The van der Waals surface area contributed by atoms with Crippen molar-refractivity contribution in [2.45, 2.75) is 37.9 Å². The van der Waals surface area contributed by atoms with Crippen molar-refractivity contribution in [2.75, 3.05) is 18.0 Å². The van der Waals surface area contributed by atoms with E-state index in [-0.39, 0.29) is 17.9 Å². The van der Waals surface area contributed by atoms with Crippen LogP contribution in [0.1, 0.15) is 31.2 Å². The van der Waals surface area contributed by atoms with Gasteiger partial charge in [-0.2, -0.15) is 13.2 Å². The van der Waals surface area contributed by atoms with Gasteiger partial charge >= 0.3 is 6.18 Å². The molecule has 1 aromatic heterocycles. The average molecular weight is 313 g/mol. The number of hydrogen-bond acceptors (Lipinski definition) is 3. The molecule has 3 rings (SSSR count). The Bertz CT molecular complexity index is 540. The first-order chi connectivity index (χ1) is 10.4. The largest absolute Gasteiger partial charge is 0.417 e. The number of pyridine rings is 1. The first kappa shape index (κ1) is 15.1. The van der Waals surface area contributed by atoms with Crippen LogP contribution < -0.4 is 10.2 Å². The van der Waals surface area contributed by atoms with Crippen molar-refractivity contribution in [1.29, 1.82) is 0 Å². The lowest BCUT2D eigenvalue weighted by Crippen LogP contribution is -2.42. The Morgan fingerprint density at radius 1 is 1.27 bits per heavy atom. The van der Waals surface area contributed by atoms with Gasteiger partial charge in [0, 0.05) is 31.2 Å². The molecule has 1 unspecified atom stereocenters. The number of carbonyl (C=O) groups is 1. The maximum absolute atomic E-state index is 12.5. The third-order valence-electron chi connectivity index (χ3n) is 4.41. The minimum absolute atomic E-state index is 0.0530. The number of hydrogen-bond donors (Lipinski definition) is 1. The van der Waals surface area contributed by atoms with Gasteiger partial charge in [0.15, 0.2) is 0 Å². The number of carbonyl (C=O) groups excluding carboxylic acids is 1. The molecule has 0 radical (unpaired) electrons. The molecule has 0 bridgehead atoms. The minimum Gasteiger partial charge on any atom is -0.354 e. The third-order valence-corrected chi connectivity index (χ3v) is 4.41. The van der Waals surface area contributed by atoms with Crippen molar-refractivity contribution in [3.8, 4) is 0 Å². The number of rotatable bonds is 3. The second-order valence-corrected chi connectivity index (χ2v) is 5.97. The van der Waals surface area contributed by atoms with E-state index in [4.69, 9.17) is 0 Å². The molecule has 1 N–H and O–H groups in total. The SMILES string of the molecule is O=C(NC1CCN(c2ccc(C(F)(F)F)cn2)C1)C1CCC1. The highest BCUT2D eigenvalue weighted by atomic mass is 19.4. The molecule has 7 heteroatoms. The zero-order chi connectivity index (χ0) is 15.7. The smallest absolute Gasteiger partial charge is 0.354 e. The van der Waals surface area contributed by atoms with Crippen molar-refractivity contribution < 1.29 is 18.0 Å². The first-order valence-electron chi connectivity index (χ1n) is 7.52. The van der Waals surface area contributed by atoms with Crippen LogP contribution in [0.3, 0.4) is 0 Å². The summed E-state index contributed by atoms with van der Waals surface area (Å²) >= 11 is 0. The highest BCUT2D eigenvalue weighted by Gasteiger charge is 2.32. The van der Waals surface area contributed by atoms with Gasteiger partial charge < -0.3 is 10.2 Å². The number of anilines is 1. The van der Waals surface area contributed by atoms with E-state index < -0.39 is 11.7 Å². The fourth-order valence-corrected chi connectivity index (χ4v) is 2.82. The molecule has 0 aromatic carbocycles. The molecule has 2 aliphatic rings. The zero-order valence-electron chi connectivity index (χ0n) is 12.1. The van der Waals surface area contributed by atoms with E-state index in [0.29, 0.717) is 18.9 Å². The van der Waals surface area contributed by atoms with E-state index in [2.05, 4.69) is 10.3 Å². The van der Waals surface area contributed by atoms with Crippen LogP contribution >= 0.6 is 0 Å². The summed E-state index contributed by atoms with van der Waals surface area (Å²) in [5, 5.41) is 3.03. The molecule has 2 heterocycles. The first-order valence-corrected chi connectivity index (χ1v) is 7.52. The van der Waals surface area contributed by atoms with Crippen molar-refractivity contribution in [2.24, 2.45) is 5.92 Å². The average Bonchev–Trinajstić information content (AvgIpc) is 2.84. The summed E-state index contributed by atoms with van der Waals surface area (Å²) in [7, 11) is 0. The lowest BCUT2D eigenvalue weighted by Gasteiger charge is -2.26. The zero-order valence-corrected chi connectivity index (χ0v) is 12.1. The van der Waals surface area contributed by atoms with Crippen molar-refractivity contribution in [3.63, 3.8) is 0 Å². The molecule has 2 fully saturated rings. The molecule has 0 spiro atoms. The number of nitrogens with zero attached hydrogens (tertiary/aromatic N) is 2. The van der Waals surface area contributed by atoms with E-state index in [0.717, 1.165) is 37.9 Å². The lowest BCUT2D eigenvalue weighted by atomic mass is 9.84. The van der Waals surface area contributed by atoms with Gasteiger partial charge in [0.25, 0.3) is 0 Å². The van der Waals surface area contributed by atoms with Gasteiger partial charge in [-0.25, -0.2) is 4.98 Å². The Balaban J connectivity index is 1.56. The van der Waals surface area contributed by atoms with Crippen LogP contribution in [0.15, 0.2) is 18.3 Å². The fraction of sp³-hybridized carbons (Fsp3) is 0.600. The Hall–Kier alpha value is -1.79. The number of nitrogens with one attached hydrogen (secondary N) is 1. The summed E-state index contributed by atoms with van der Waals surface area (Å²) in [5.74, 6) is 0.783. The van der Waals surface area contributed by atoms with Gasteiger partial charge in [-0.05, 0) is 31.4 Å². The molecule has 1 aromatic rings. The molecule has 120 valence electrons. The summed E-state index contributed by atoms with van der Waals surface area (Å²) < 4.78 is 37.5. The van der Waals surface area contributed by atoms with Crippen LogP contribution in [0, 0.1) is 5.92 Å². The van der Waals surface area contributed by atoms with Gasteiger partial charge in [0.1, 0.15) is 5.82 Å². The Morgan fingerprint density at radius 2 is 2.05 bits per heavy atom. The quantitative estimate of drug-likeness (QED) is 0.933. The van der Waals surface area contributed by atoms with Crippen LogP contribution in [-0.4, -0.2) is 30.0 Å². The van der Waals surface area contributed by atoms with Crippen LogP contribution in [0.4, 0.5) is 19.0 Å². The molecule has 1 atom stereocenters. The monoisotopic (exact) mass is 313 g/mol. The molecule has 1 aliphatic carbocycles. The molecule has 22 heavy (non-hydrogen) atoms. The molecule has 1 saturated heterocycles. The van der Waals surface area contributed by atoms with Crippen LogP contribution in [0.5, 0.6) is 0 Å². The number of alkyl halides is 3. The molecular formula is C15H18F3N3O. The van der Waals surface area contributed by atoms with Crippen molar-refractivity contribution in [3.05, 3.63) is 23.9 Å². The molecule has 1 aliphatic heterocycles. The van der Waals surface area contributed by atoms with Crippen molar-refractivity contribution >= 4 is 11.7 Å². The third kappa shape index (κ3) is 3.18. The molecular weight excluding hydrogens is 295 g/mol. The number of halogens is 3. The second-order valence-electron chi connectivity index (χ2n) is 5.97. The number of amides is 1. The minimum atomic E-state index is -4.37. The van der Waals surface area contributed by atoms with Crippen LogP contribution in [-0.2, 0) is 11.0 Å². The maximum Gasteiger partial charge on any atom is 0.417 e. The lowest BCUT2D eigenvalue weighted by molar-refractivity contribution is -0.137. The Morgan fingerprint density at radius 3 is 2.59 bits per heavy atom. The van der Waals surface area contributed by atoms with Gasteiger partial charge in [0.2, 0.25) is 5.91 Å². The van der Waals surface area contributed by atoms with Gasteiger partial charge in [0.05, 0.1) is 5.56 Å². The van der Waals surface area contributed by atoms with E-state index in [9.17, 15) is 18.0 Å². The topological polar surface area (TPSA) is 45.2 Å². The predicted octanol–water partition coefficient (Wildman–Crippen LogP) is 2.60. The second kappa shape index (κ2) is 5.78. The molecule has 1 amide bonds. The Kier molecular flexibility index (Phi) is 3.97. The normalized spacial score (nSPS) is 22.5. The summed E-state index contributed by atoms with van der Waals surface area (Å²) in [6.45, 7) is 1.28. The molecule has 1 saturated carbocycles. The van der Waals surface area contributed by atoms with E-state index >= 15 is 0 Å². The summed E-state index contributed by atoms with van der Waals surface area (Å²) in [5.41, 5.74) is -0.745. The summed E-state index contributed by atoms with van der Waals surface area (Å²) in [4.78, 5) is 17.7. The molecule has 4 nitrogen and oxygen atoms in total. The standard InChI is InChI=1S/C15H18F3N3O/c16-15(17,18)11-4-5-13(19-8-11)21-7-6-12(9-21)20-14(22)10-2-1-3-10/h4-5,8,10,12H,1-3,6-7,9H2,(H,20,22).